The lowest BCUT2D eigenvalue weighted by molar-refractivity contribution is -0.137. The monoisotopic (exact) mass is 487 g/mol. The second-order valence-corrected chi connectivity index (χ2v) is 7.34. The molecule has 0 amide bonds. The van der Waals surface area contributed by atoms with Crippen molar-refractivity contribution in [1.82, 2.24) is 0 Å². The highest BCUT2D eigenvalue weighted by atomic mass is 19.4. The highest BCUT2D eigenvalue weighted by molar-refractivity contribution is 6.01. The van der Waals surface area contributed by atoms with E-state index >= 15 is 0 Å². The van der Waals surface area contributed by atoms with Gasteiger partial charge in [0.05, 0.1) is 18.2 Å². The molecule has 0 fully saturated rings. The first-order valence-electron chi connectivity index (χ1n) is 10.8. The lowest BCUT2D eigenvalue weighted by Crippen LogP contribution is -2.15. The van der Waals surface area contributed by atoms with Crippen LogP contribution in [-0.2, 0) is 15.8 Å². The molecule has 9 heteroatoms. The summed E-state index contributed by atoms with van der Waals surface area (Å²) >= 11 is 0. The quantitative estimate of drug-likeness (QED) is 0.141. The van der Waals surface area contributed by atoms with E-state index in [4.69, 9.17) is 14.3 Å². The van der Waals surface area contributed by atoms with Crippen molar-refractivity contribution in [3.8, 4) is 17.2 Å². The van der Waals surface area contributed by atoms with Gasteiger partial charge in [-0.3, -0.25) is 0 Å². The minimum absolute atomic E-state index is 0.167. The van der Waals surface area contributed by atoms with E-state index in [0.29, 0.717) is 41.9 Å². The predicted octanol–water partition coefficient (Wildman–Crippen LogP) is 6.49. The number of hydrogen-bond donors (Lipinski definition) is 0. The number of alkyl halides is 3. The Balaban J connectivity index is 1.87. The maximum Gasteiger partial charge on any atom is 0.416 e. The molecule has 35 heavy (non-hydrogen) atoms. The first-order chi connectivity index (χ1) is 16.8. The van der Waals surface area contributed by atoms with Crippen LogP contribution in [0.3, 0.4) is 0 Å². The molecule has 6 nitrogen and oxygen atoms in total. The number of benzene rings is 3. The molecule has 0 aromatic heterocycles. The summed E-state index contributed by atoms with van der Waals surface area (Å²) in [7, 11) is 1.09. The summed E-state index contributed by atoms with van der Waals surface area (Å²) < 4.78 is 56.1. The smallest absolute Gasteiger partial charge is 0.416 e. The third-order valence-electron chi connectivity index (χ3n) is 4.65. The van der Waals surface area contributed by atoms with Gasteiger partial charge < -0.3 is 19.0 Å². The summed E-state index contributed by atoms with van der Waals surface area (Å²) in [5, 5.41) is 4.11. The van der Waals surface area contributed by atoms with Gasteiger partial charge in [0, 0.05) is 5.56 Å². The van der Waals surface area contributed by atoms with Gasteiger partial charge in [0.1, 0.15) is 36.2 Å². The van der Waals surface area contributed by atoms with Crippen molar-refractivity contribution in [3.63, 3.8) is 0 Å². The topological polar surface area (TPSA) is 66.4 Å². The van der Waals surface area contributed by atoms with Crippen molar-refractivity contribution in [2.75, 3.05) is 20.3 Å². The Morgan fingerprint density at radius 3 is 2.29 bits per heavy atom. The van der Waals surface area contributed by atoms with E-state index in [0.717, 1.165) is 13.2 Å². The summed E-state index contributed by atoms with van der Waals surface area (Å²) in [6.45, 7) is 2.04. The van der Waals surface area contributed by atoms with Gasteiger partial charge in [-0.2, -0.15) is 13.2 Å². The molecule has 0 bridgehead atoms. The average molecular weight is 487 g/mol. The highest BCUT2D eigenvalue weighted by Crippen LogP contribution is 2.33. The van der Waals surface area contributed by atoms with Gasteiger partial charge in [0.25, 0.3) is 0 Å². The van der Waals surface area contributed by atoms with Crippen molar-refractivity contribution >= 4 is 11.7 Å². The Labute approximate surface area is 200 Å². The summed E-state index contributed by atoms with van der Waals surface area (Å²) in [4.78, 5) is 17.2. The Hall–Kier alpha value is -4.01. The van der Waals surface area contributed by atoms with Crippen LogP contribution in [0.2, 0.25) is 0 Å². The van der Waals surface area contributed by atoms with Crippen LogP contribution >= 0.6 is 0 Å². The summed E-state index contributed by atoms with van der Waals surface area (Å²) in [6, 6.07) is 18.9. The summed E-state index contributed by atoms with van der Waals surface area (Å²) in [5.41, 5.74) is -0.394. The molecule has 3 rings (SSSR count). The van der Waals surface area contributed by atoms with Gasteiger partial charge in [-0.15, -0.1) is 0 Å². The molecule has 184 valence electrons. The Kier molecular flexibility index (Phi) is 8.72. The number of nitrogens with zero attached hydrogens (tertiary/aromatic N) is 1. The molecule has 0 atom stereocenters. The van der Waals surface area contributed by atoms with Gasteiger partial charge in [-0.25, -0.2) is 4.79 Å². The molecule has 0 aliphatic heterocycles. The molecule has 0 N–H and O–H groups in total. The SMILES string of the molecule is CCCON=C(COc1cc(C(=O)OC)cc(C(F)(F)F)c1)c1cccc(Oc2ccccc2)c1. The van der Waals surface area contributed by atoms with E-state index in [1.54, 1.807) is 24.3 Å². The van der Waals surface area contributed by atoms with Crippen LogP contribution < -0.4 is 9.47 Å². The van der Waals surface area contributed by atoms with Crippen molar-refractivity contribution in [2.24, 2.45) is 5.16 Å². The van der Waals surface area contributed by atoms with E-state index in [-0.39, 0.29) is 17.9 Å². The van der Waals surface area contributed by atoms with Gasteiger partial charge >= 0.3 is 12.1 Å². The number of halogens is 3. The van der Waals surface area contributed by atoms with E-state index in [9.17, 15) is 18.0 Å². The molecule has 0 aliphatic carbocycles. The molecule has 0 heterocycles. The number of rotatable bonds is 10. The number of ether oxygens (including phenoxy) is 3. The molecule has 0 radical (unpaired) electrons. The molecule has 0 spiro atoms. The summed E-state index contributed by atoms with van der Waals surface area (Å²) in [6.07, 6.45) is -3.96. The zero-order valence-electron chi connectivity index (χ0n) is 19.2. The molecule has 0 aliphatic rings. The van der Waals surface area contributed by atoms with Gasteiger partial charge in [-0.1, -0.05) is 42.4 Å². The van der Waals surface area contributed by atoms with Gasteiger partial charge in [0.15, 0.2) is 0 Å². The fourth-order valence-corrected chi connectivity index (χ4v) is 2.97. The largest absolute Gasteiger partial charge is 0.487 e. The molecule has 0 saturated heterocycles. The molecule has 0 saturated carbocycles. The highest BCUT2D eigenvalue weighted by Gasteiger charge is 2.32. The fraction of sp³-hybridized carbons (Fsp3) is 0.231. The first-order valence-corrected chi connectivity index (χ1v) is 10.8. The van der Waals surface area contributed by atoms with E-state index in [1.165, 1.54) is 6.07 Å². The molecular weight excluding hydrogens is 463 g/mol. The number of methoxy groups -OCH3 is 1. The van der Waals surface area contributed by atoms with E-state index in [2.05, 4.69) is 9.89 Å². The summed E-state index contributed by atoms with van der Waals surface area (Å²) in [5.74, 6) is 0.0943. The van der Waals surface area contributed by atoms with Crippen molar-refractivity contribution in [1.29, 1.82) is 0 Å². The molecule has 0 unspecified atom stereocenters. The number of carbonyl (C=O) groups excluding carboxylic acids is 1. The van der Waals surface area contributed by atoms with Crippen LogP contribution in [0.5, 0.6) is 17.2 Å². The van der Waals surface area contributed by atoms with Crippen LogP contribution in [0.1, 0.15) is 34.8 Å². The van der Waals surface area contributed by atoms with E-state index in [1.807, 2.05) is 37.3 Å². The lowest BCUT2D eigenvalue weighted by Gasteiger charge is -2.14. The number of para-hydroxylation sites is 1. The number of hydrogen-bond acceptors (Lipinski definition) is 6. The van der Waals surface area contributed by atoms with Crippen molar-refractivity contribution < 1.29 is 37.0 Å². The minimum atomic E-state index is -4.67. The molecule has 3 aromatic carbocycles. The Bertz CT molecular complexity index is 1160. The van der Waals surface area contributed by atoms with Crippen LogP contribution in [0.25, 0.3) is 0 Å². The van der Waals surface area contributed by atoms with Gasteiger partial charge in [0.2, 0.25) is 0 Å². The van der Waals surface area contributed by atoms with Crippen molar-refractivity contribution in [2.45, 2.75) is 19.5 Å². The van der Waals surface area contributed by atoms with Crippen LogP contribution in [0.4, 0.5) is 13.2 Å². The second-order valence-electron chi connectivity index (χ2n) is 7.34. The number of esters is 1. The molecular formula is C26H24F3NO5. The zero-order chi connectivity index (χ0) is 25.3. The maximum absolute atomic E-state index is 13.3. The standard InChI is InChI=1S/C26H24F3NO5/c1-3-12-34-30-24(18-8-7-11-22(14-18)35-21-9-5-4-6-10-21)17-33-23-15-19(25(31)32-2)13-20(16-23)26(27,28)29/h4-11,13-16H,3,12,17H2,1-2H3. The minimum Gasteiger partial charge on any atom is -0.487 e. The lowest BCUT2D eigenvalue weighted by atomic mass is 10.1. The molecule has 3 aromatic rings. The van der Waals surface area contributed by atoms with Crippen molar-refractivity contribution in [3.05, 3.63) is 89.5 Å². The fourth-order valence-electron chi connectivity index (χ4n) is 2.97. The Morgan fingerprint density at radius 2 is 1.60 bits per heavy atom. The second kappa shape index (κ2) is 11.9. The Morgan fingerprint density at radius 1 is 0.886 bits per heavy atom. The number of carbonyl (C=O) groups is 1. The first kappa shape index (κ1) is 25.6. The van der Waals surface area contributed by atoms with Crippen LogP contribution in [-0.4, -0.2) is 32.0 Å². The third kappa shape index (κ3) is 7.49. The van der Waals surface area contributed by atoms with E-state index < -0.39 is 17.7 Å². The zero-order valence-corrected chi connectivity index (χ0v) is 19.2. The maximum atomic E-state index is 13.3. The normalized spacial score (nSPS) is 11.6. The predicted molar refractivity (Wildman–Crippen MR) is 124 cm³/mol. The van der Waals surface area contributed by atoms with Gasteiger partial charge in [-0.05, 0) is 48.9 Å². The van der Waals surface area contributed by atoms with Crippen LogP contribution in [0, 0.1) is 0 Å². The average Bonchev–Trinajstić information content (AvgIpc) is 2.85. The number of oxime groups is 1. The van der Waals surface area contributed by atoms with Crippen LogP contribution in [0.15, 0.2) is 78.0 Å². The third-order valence-corrected chi connectivity index (χ3v) is 4.65.